The summed E-state index contributed by atoms with van der Waals surface area (Å²) in [7, 11) is 0. The van der Waals surface area contributed by atoms with Gasteiger partial charge in [-0.05, 0) is 66.6 Å². The topological polar surface area (TPSA) is 71.2 Å². The Hall–Kier alpha value is -3.41. The number of amides is 1. The van der Waals surface area contributed by atoms with Crippen LogP contribution in [0.5, 0.6) is 0 Å². The van der Waals surface area contributed by atoms with Crippen LogP contribution in [0.4, 0.5) is 15.9 Å². The molecule has 0 aliphatic carbocycles. The number of halogens is 1. The number of fused-ring (bicyclic) bond motifs is 1. The van der Waals surface area contributed by atoms with Crippen LogP contribution >= 0.6 is 0 Å². The van der Waals surface area contributed by atoms with Crippen molar-refractivity contribution < 1.29 is 9.18 Å². The fraction of sp³-hybridized carbons (Fsp3) is 0.280. The summed E-state index contributed by atoms with van der Waals surface area (Å²) in [5, 5.41) is 2.85. The normalized spacial score (nSPS) is 16.0. The zero-order valence-electron chi connectivity index (χ0n) is 17.3. The fourth-order valence-corrected chi connectivity index (χ4v) is 4.54. The van der Waals surface area contributed by atoms with E-state index in [2.05, 4.69) is 15.2 Å². The van der Waals surface area contributed by atoms with Gasteiger partial charge in [0.15, 0.2) is 0 Å². The van der Waals surface area contributed by atoms with E-state index in [4.69, 9.17) is 5.73 Å². The first-order valence-corrected chi connectivity index (χ1v) is 10.8. The lowest BCUT2D eigenvalue weighted by molar-refractivity contribution is 0.0946. The van der Waals surface area contributed by atoms with E-state index < -0.39 is 5.95 Å². The highest BCUT2D eigenvalue weighted by Crippen LogP contribution is 2.34. The van der Waals surface area contributed by atoms with Gasteiger partial charge in [-0.2, -0.15) is 4.39 Å². The van der Waals surface area contributed by atoms with Crippen LogP contribution in [0.25, 0.3) is 22.3 Å². The Kier molecular flexibility index (Phi) is 5.06. The Balaban J connectivity index is 1.50. The minimum absolute atomic E-state index is 0.0625. The van der Waals surface area contributed by atoms with Gasteiger partial charge in [-0.1, -0.05) is 24.3 Å². The van der Waals surface area contributed by atoms with Gasteiger partial charge in [0.05, 0.1) is 0 Å². The van der Waals surface area contributed by atoms with E-state index >= 15 is 0 Å². The van der Waals surface area contributed by atoms with Gasteiger partial charge in [0.2, 0.25) is 5.95 Å². The molecule has 2 aliphatic heterocycles. The SMILES string of the molecule is Nc1nc(F)c(-c2ccc(N3CCCCC3)cc2)cc1-c1ccc2c(c1)CCNC2=O. The molecule has 2 aliphatic rings. The van der Waals surface area contributed by atoms with Gasteiger partial charge < -0.3 is 16.0 Å². The van der Waals surface area contributed by atoms with E-state index in [-0.39, 0.29) is 11.7 Å². The first-order valence-electron chi connectivity index (χ1n) is 10.8. The van der Waals surface area contributed by atoms with Crippen molar-refractivity contribution in [1.82, 2.24) is 10.3 Å². The van der Waals surface area contributed by atoms with Crippen LogP contribution in [0.1, 0.15) is 35.2 Å². The zero-order valence-corrected chi connectivity index (χ0v) is 17.3. The number of carbonyl (C=O) groups is 1. The highest BCUT2D eigenvalue weighted by Gasteiger charge is 2.19. The first kappa shape index (κ1) is 19.5. The molecule has 0 unspecified atom stereocenters. The Morgan fingerprint density at radius 3 is 2.42 bits per heavy atom. The Morgan fingerprint density at radius 1 is 0.903 bits per heavy atom. The summed E-state index contributed by atoms with van der Waals surface area (Å²) in [6, 6.07) is 15.4. The predicted molar refractivity (Wildman–Crippen MR) is 122 cm³/mol. The van der Waals surface area contributed by atoms with E-state index in [1.165, 1.54) is 24.9 Å². The number of nitrogens with one attached hydrogen (secondary N) is 1. The summed E-state index contributed by atoms with van der Waals surface area (Å²) >= 11 is 0. The number of benzene rings is 2. The monoisotopic (exact) mass is 416 g/mol. The number of rotatable bonds is 3. The van der Waals surface area contributed by atoms with Crippen molar-refractivity contribution in [3.63, 3.8) is 0 Å². The number of anilines is 2. The van der Waals surface area contributed by atoms with Crippen molar-refractivity contribution in [2.45, 2.75) is 25.7 Å². The van der Waals surface area contributed by atoms with Crippen molar-refractivity contribution in [3.8, 4) is 22.3 Å². The molecule has 0 spiro atoms. The largest absolute Gasteiger partial charge is 0.383 e. The molecule has 1 fully saturated rings. The zero-order chi connectivity index (χ0) is 21.4. The summed E-state index contributed by atoms with van der Waals surface area (Å²) in [6.45, 7) is 2.75. The number of nitrogen functional groups attached to an aromatic ring is 1. The summed E-state index contributed by atoms with van der Waals surface area (Å²) in [6.07, 6.45) is 4.47. The molecule has 31 heavy (non-hydrogen) atoms. The molecule has 0 atom stereocenters. The van der Waals surface area contributed by atoms with Gasteiger partial charge >= 0.3 is 0 Å². The molecule has 1 aromatic heterocycles. The average Bonchev–Trinajstić information content (AvgIpc) is 2.80. The molecule has 5 rings (SSSR count). The quantitative estimate of drug-likeness (QED) is 0.621. The van der Waals surface area contributed by atoms with Gasteiger partial charge in [-0.3, -0.25) is 4.79 Å². The number of carbonyl (C=O) groups excluding carboxylic acids is 1. The van der Waals surface area contributed by atoms with Crippen molar-refractivity contribution >= 4 is 17.4 Å². The van der Waals surface area contributed by atoms with Gasteiger partial charge in [-0.25, -0.2) is 4.98 Å². The third-order valence-electron chi connectivity index (χ3n) is 6.25. The van der Waals surface area contributed by atoms with E-state index in [0.29, 0.717) is 23.2 Å². The maximum absolute atomic E-state index is 14.8. The molecule has 1 saturated heterocycles. The van der Waals surface area contributed by atoms with Crippen molar-refractivity contribution in [1.29, 1.82) is 0 Å². The maximum atomic E-state index is 14.8. The number of hydrogen-bond donors (Lipinski definition) is 2. The van der Waals surface area contributed by atoms with Gasteiger partial charge in [0.1, 0.15) is 5.82 Å². The second-order valence-electron chi connectivity index (χ2n) is 8.23. The highest BCUT2D eigenvalue weighted by atomic mass is 19.1. The molecule has 1 amide bonds. The summed E-state index contributed by atoms with van der Waals surface area (Å²) in [5.41, 5.74) is 11.6. The van der Waals surface area contributed by atoms with E-state index in [1.807, 2.05) is 36.4 Å². The van der Waals surface area contributed by atoms with E-state index in [0.717, 1.165) is 36.2 Å². The number of nitrogens with two attached hydrogens (primary N) is 1. The van der Waals surface area contributed by atoms with Crippen LogP contribution in [-0.4, -0.2) is 30.5 Å². The summed E-state index contributed by atoms with van der Waals surface area (Å²) in [4.78, 5) is 18.4. The number of nitrogens with zero attached hydrogens (tertiary/aromatic N) is 2. The molecule has 3 N–H and O–H groups in total. The van der Waals surface area contributed by atoms with Gasteiger partial charge in [0.25, 0.3) is 5.91 Å². The maximum Gasteiger partial charge on any atom is 0.251 e. The third-order valence-corrected chi connectivity index (χ3v) is 6.25. The molecule has 3 aromatic rings. The van der Waals surface area contributed by atoms with Crippen LogP contribution in [0, 0.1) is 5.95 Å². The lowest BCUT2D eigenvalue weighted by atomic mass is 9.94. The molecular formula is C25H25FN4O. The summed E-state index contributed by atoms with van der Waals surface area (Å²) < 4.78 is 14.8. The molecule has 5 nitrogen and oxygen atoms in total. The molecule has 0 radical (unpaired) electrons. The van der Waals surface area contributed by atoms with Crippen molar-refractivity contribution in [3.05, 3.63) is 65.6 Å². The molecular weight excluding hydrogens is 391 g/mol. The lowest BCUT2D eigenvalue weighted by Gasteiger charge is -2.28. The summed E-state index contributed by atoms with van der Waals surface area (Å²) in [5.74, 6) is -0.497. The van der Waals surface area contributed by atoms with Crippen LogP contribution in [0.2, 0.25) is 0 Å². The minimum Gasteiger partial charge on any atom is -0.383 e. The van der Waals surface area contributed by atoms with E-state index in [1.54, 1.807) is 12.1 Å². The number of piperidine rings is 1. The molecule has 0 bridgehead atoms. The second kappa shape index (κ2) is 8.02. The van der Waals surface area contributed by atoms with E-state index in [9.17, 15) is 9.18 Å². The van der Waals surface area contributed by atoms with Gasteiger partial charge in [0, 0.05) is 42.0 Å². The second-order valence-corrected chi connectivity index (χ2v) is 8.23. The number of hydrogen-bond acceptors (Lipinski definition) is 4. The number of aromatic nitrogens is 1. The van der Waals surface area contributed by atoms with Crippen molar-refractivity contribution in [2.24, 2.45) is 0 Å². The molecule has 3 heterocycles. The Labute approximate surface area is 181 Å². The van der Waals surface area contributed by atoms with Crippen LogP contribution in [-0.2, 0) is 6.42 Å². The molecule has 158 valence electrons. The number of pyridine rings is 1. The van der Waals surface area contributed by atoms with Crippen molar-refractivity contribution in [2.75, 3.05) is 30.3 Å². The fourth-order valence-electron chi connectivity index (χ4n) is 4.54. The Morgan fingerprint density at radius 2 is 1.65 bits per heavy atom. The molecule has 0 saturated carbocycles. The Bertz CT molecular complexity index is 1140. The lowest BCUT2D eigenvalue weighted by Crippen LogP contribution is -2.31. The minimum atomic E-state index is -0.579. The first-order chi connectivity index (χ1) is 15.1. The predicted octanol–water partition coefficient (Wildman–Crippen LogP) is 4.41. The average molecular weight is 417 g/mol. The molecule has 6 heteroatoms. The van der Waals surface area contributed by atoms with Crippen LogP contribution in [0.15, 0.2) is 48.5 Å². The highest BCUT2D eigenvalue weighted by molar-refractivity contribution is 5.97. The van der Waals surface area contributed by atoms with Crippen LogP contribution in [0.3, 0.4) is 0 Å². The van der Waals surface area contributed by atoms with Crippen LogP contribution < -0.4 is 16.0 Å². The standard InChI is InChI=1S/C25H25FN4O/c26-23-21(16-4-7-19(8-5-16)30-12-2-1-3-13-30)15-22(24(27)29-23)17-6-9-20-18(14-17)10-11-28-25(20)31/h4-9,14-15H,1-3,10-13H2,(H2,27,29)(H,28,31). The van der Waals surface area contributed by atoms with Gasteiger partial charge in [-0.15, -0.1) is 0 Å². The molecule has 2 aromatic carbocycles. The smallest absolute Gasteiger partial charge is 0.251 e. The third kappa shape index (κ3) is 3.74.